The van der Waals surface area contributed by atoms with E-state index in [1.165, 1.54) is 31.0 Å². The van der Waals surface area contributed by atoms with Gasteiger partial charge in [0.2, 0.25) is 0 Å². The summed E-state index contributed by atoms with van der Waals surface area (Å²) >= 11 is 10.4. The Morgan fingerprint density at radius 2 is 2.08 bits per heavy atom. The Balaban J connectivity index is 1.88. The highest BCUT2D eigenvalue weighted by atomic mass is 79.9. The maximum atomic E-state index is 12.9. The van der Waals surface area contributed by atoms with Crippen molar-refractivity contribution in [1.82, 2.24) is 4.90 Å². The van der Waals surface area contributed by atoms with Gasteiger partial charge in [0.1, 0.15) is 4.32 Å². The van der Waals surface area contributed by atoms with Crippen LogP contribution in [0, 0.1) is 0 Å². The quantitative estimate of drug-likeness (QED) is 0.439. The zero-order valence-corrected chi connectivity index (χ0v) is 18.1. The highest BCUT2D eigenvalue weighted by Gasteiger charge is 2.37. The number of rotatable bonds is 5. The molecule has 140 valence electrons. The van der Waals surface area contributed by atoms with Crippen LogP contribution in [0.3, 0.4) is 0 Å². The largest absolute Gasteiger partial charge is 0.492 e. The minimum atomic E-state index is 0.0248. The lowest BCUT2D eigenvalue weighted by atomic mass is 9.94. The van der Waals surface area contributed by atoms with E-state index >= 15 is 0 Å². The van der Waals surface area contributed by atoms with Gasteiger partial charge in [0, 0.05) is 6.04 Å². The molecule has 2 fully saturated rings. The summed E-state index contributed by atoms with van der Waals surface area (Å²) in [5.74, 6) is 1.33. The van der Waals surface area contributed by atoms with E-state index in [0.717, 1.165) is 22.9 Å². The number of carbonyl (C=O) groups is 1. The molecule has 0 unspecified atom stereocenters. The van der Waals surface area contributed by atoms with Crippen molar-refractivity contribution in [3.05, 3.63) is 27.1 Å². The van der Waals surface area contributed by atoms with Gasteiger partial charge in [-0.25, -0.2) is 0 Å². The van der Waals surface area contributed by atoms with Crippen molar-refractivity contribution >= 4 is 56.2 Å². The highest BCUT2D eigenvalue weighted by Crippen LogP contribution is 2.40. The summed E-state index contributed by atoms with van der Waals surface area (Å²) in [5.41, 5.74) is 0.880. The van der Waals surface area contributed by atoms with Crippen LogP contribution >= 0.6 is 39.9 Å². The minimum Gasteiger partial charge on any atom is -0.492 e. The SMILES string of the molecule is CCOc1cc(/C=C2\SC(=S)N(C3CCCCC3)C2=O)cc(Br)c1OC. The first-order valence-electron chi connectivity index (χ1n) is 8.82. The molecule has 1 aliphatic heterocycles. The molecule has 0 radical (unpaired) electrons. The molecule has 26 heavy (non-hydrogen) atoms. The fourth-order valence-electron chi connectivity index (χ4n) is 3.42. The van der Waals surface area contributed by atoms with Gasteiger partial charge < -0.3 is 9.47 Å². The Morgan fingerprint density at radius 1 is 1.35 bits per heavy atom. The molecule has 1 aliphatic carbocycles. The summed E-state index contributed by atoms with van der Waals surface area (Å²) in [7, 11) is 1.61. The molecule has 1 heterocycles. The molecule has 0 spiro atoms. The van der Waals surface area contributed by atoms with Gasteiger partial charge in [-0.15, -0.1) is 0 Å². The normalized spacial score (nSPS) is 20.1. The van der Waals surface area contributed by atoms with Gasteiger partial charge in [-0.2, -0.15) is 0 Å². The Labute approximate surface area is 172 Å². The number of nitrogens with zero attached hydrogens (tertiary/aromatic N) is 1. The molecule has 3 rings (SSSR count). The summed E-state index contributed by atoms with van der Waals surface area (Å²) in [6.45, 7) is 2.46. The van der Waals surface area contributed by atoms with E-state index in [0.29, 0.717) is 27.3 Å². The van der Waals surface area contributed by atoms with Crippen LogP contribution in [-0.4, -0.2) is 34.9 Å². The van der Waals surface area contributed by atoms with Crippen LogP contribution in [0.2, 0.25) is 0 Å². The number of methoxy groups -OCH3 is 1. The molecule has 0 bridgehead atoms. The average molecular weight is 456 g/mol. The summed E-state index contributed by atoms with van der Waals surface area (Å²) in [6, 6.07) is 4.07. The zero-order chi connectivity index (χ0) is 18.7. The lowest BCUT2D eigenvalue weighted by molar-refractivity contribution is -0.124. The van der Waals surface area contributed by atoms with Crippen molar-refractivity contribution < 1.29 is 14.3 Å². The topological polar surface area (TPSA) is 38.8 Å². The maximum absolute atomic E-state index is 12.9. The standard InChI is InChI=1S/C19H22BrNO3S2/c1-3-24-15-10-12(9-14(20)17(15)23-2)11-16-18(22)21(19(25)26-16)13-7-5-4-6-8-13/h9-11,13H,3-8H2,1-2H3/b16-11-. The van der Waals surface area contributed by atoms with E-state index in [2.05, 4.69) is 15.9 Å². The number of halogens is 1. The van der Waals surface area contributed by atoms with Gasteiger partial charge >= 0.3 is 0 Å². The second-order valence-corrected chi connectivity index (χ2v) is 8.84. The first-order chi connectivity index (χ1) is 12.5. The van der Waals surface area contributed by atoms with Crippen LogP contribution in [0.4, 0.5) is 0 Å². The second kappa shape index (κ2) is 8.76. The van der Waals surface area contributed by atoms with Crippen molar-refractivity contribution in [3.63, 3.8) is 0 Å². The van der Waals surface area contributed by atoms with Gasteiger partial charge in [-0.05, 0) is 59.5 Å². The lowest BCUT2D eigenvalue weighted by Crippen LogP contribution is -2.39. The second-order valence-electron chi connectivity index (χ2n) is 6.31. The number of carbonyl (C=O) groups excluding carboxylic acids is 1. The summed E-state index contributed by atoms with van der Waals surface area (Å²) < 4.78 is 12.5. The number of ether oxygens (including phenoxy) is 2. The third kappa shape index (κ3) is 4.10. The van der Waals surface area contributed by atoms with Gasteiger partial charge in [0.05, 0.1) is 23.1 Å². The van der Waals surface area contributed by atoms with Crippen molar-refractivity contribution in [2.75, 3.05) is 13.7 Å². The fraction of sp³-hybridized carbons (Fsp3) is 0.474. The smallest absolute Gasteiger partial charge is 0.266 e. The van der Waals surface area contributed by atoms with Crippen LogP contribution in [0.1, 0.15) is 44.6 Å². The average Bonchev–Trinajstić information content (AvgIpc) is 2.89. The van der Waals surface area contributed by atoms with E-state index in [4.69, 9.17) is 21.7 Å². The van der Waals surface area contributed by atoms with Gasteiger partial charge in [-0.3, -0.25) is 9.69 Å². The van der Waals surface area contributed by atoms with Crippen LogP contribution in [-0.2, 0) is 4.79 Å². The molecule has 0 aromatic heterocycles. The predicted octanol–water partition coefficient (Wildman–Crippen LogP) is 5.39. The number of hydrogen-bond donors (Lipinski definition) is 0. The Kier molecular flexibility index (Phi) is 6.64. The number of benzene rings is 1. The molecule has 7 heteroatoms. The number of thiocarbonyl (C=S) groups is 1. The van der Waals surface area contributed by atoms with Gasteiger partial charge in [-0.1, -0.05) is 43.2 Å². The molecule has 4 nitrogen and oxygen atoms in total. The molecule has 1 amide bonds. The first kappa shape index (κ1) is 19.7. The van der Waals surface area contributed by atoms with Crippen molar-refractivity contribution in [2.45, 2.75) is 45.1 Å². The highest BCUT2D eigenvalue weighted by molar-refractivity contribution is 9.10. The van der Waals surface area contributed by atoms with Crippen molar-refractivity contribution in [3.8, 4) is 11.5 Å². The molecule has 0 N–H and O–H groups in total. The Morgan fingerprint density at radius 3 is 2.73 bits per heavy atom. The van der Waals surface area contributed by atoms with E-state index < -0.39 is 0 Å². The lowest BCUT2D eigenvalue weighted by Gasteiger charge is -2.29. The number of hydrogen-bond acceptors (Lipinski definition) is 5. The molecule has 1 aromatic rings. The molecule has 1 aromatic carbocycles. The third-order valence-electron chi connectivity index (χ3n) is 4.60. The van der Waals surface area contributed by atoms with E-state index in [1.54, 1.807) is 7.11 Å². The molecule has 0 atom stereocenters. The molecular formula is C19H22BrNO3S2. The summed E-state index contributed by atoms with van der Waals surface area (Å²) in [6.07, 6.45) is 7.56. The molecule has 1 saturated heterocycles. The molecular weight excluding hydrogens is 434 g/mol. The zero-order valence-electron chi connectivity index (χ0n) is 14.9. The van der Waals surface area contributed by atoms with Crippen LogP contribution < -0.4 is 9.47 Å². The maximum Gasteiger partial charge on any atom is 0.266 e. The number of thioether (sulfide) groups is 1. The summed E-state index contributed by atoms with van der Waals surface area (Å²) in [5, 5.41) is 0. The van der Waals surface area contributed by atoms with Crippen molar-refractivity contribution in [2.24, 2.45) is 0 Å². The van der Waals surface area contributed by atoms with E-state index in [-0.39, 0.29) is 11.9 Å². The van der Waals surface area contributed by atoms with Crippen LogP contribution in [0.25, 0.3) is 6.08 Å². The molecule has 2 aliphatic rings. The van der Waals surface area contributed by atoms with Gasteiger partial charge in [0.25, 0.3) is 5.91 Å². The summed E-state index contributed by atoms with van der Waals surface area (Å²) in [4.78, 5) is 15.4. The third-order valence-corrected chi connectivity index (χ3v) is 6.52. The van der Waals surface area contributed by atoms with Gasteiger partial charge in [0.15, 0.2) is 11.5 Å². The van der Waals surface area contributed by atoms with Crippen LogP contribution in [0.15, 0.2) is 21.5 Å². The Bertz CT molecular complexity index is 745. The van der Waals surface area contributed by atoms with Crippen molar-refractivity contribution in [1.29, 1.82) is 0 Å². The first-order valence-corrected chi connectivity index (χ1v) is 10.8. The van der Waals surface area contributed by atoms with Crippen LogP contribution in [0.5, 0.6) is 11.5 Å². The van der Waals surface area contributed by atoms with E-state index in [9.17, 15) is 4.79 Å². The minimum absolute atomic E-state index is 0.0248. The number of amides is 1. The van der Waals surface area contributed by atoms with E-state index in [1.807, 2.05) is 30.0 Å². The monoisotopic (exact) mass is 455 g/mol. The molecule has 1 saturated carbocycles. The fourth-order valence-corrected chi connectivity index (χ4v) is 5.44. The Hall–Kier alpha value is -1.05. The predicted molar refractivity (Wildman–Crippen MR) is 114 cm³/mol.